The Kier molecular flexibility index (Phi) is 2.91. The fourth-order valence-corrected chi connectivity index (χ4v) is 2.50. The number of hydrogen-bond acceptors (Lipinski definition) is 7. The Bertz CT molecular complexity index is 641. The Labute approximate surface area is 114 Å². The van der Waals surface area contributed by atoms with Crippen molar-refractivity contribution in [3.63, 3.8) is 0 Å². The summed E-state index contributed by atoms with van der Waals surface area (Å²) in [6.45, 7) is 1.03. The molecular formula is C12H16N4O4. The smallest absolute Gasteiger partial charge is 0.164 e. The van der Waals surface area contributed by atoms with Gasteiger partial charge in [-0.3, -0.25) is 0 Å². The molecule has 0 bridgehead atoms. The highest BCUT2D eigenvalue weighted by atomic mass is 16.6. The number of nitrogens with zero attached hydrogens (tertiary/aromatic N) is 3. The van der Waals surface area contributed by atoms with Crippen LogP contribution in [0.15, 0.2) is 18.6 Å². The highest BCUT2D eigenvalue weighted by Crippen LogP contribution is 2.38. The summed E-state index contributed by atoms with van der Waals surface area (Å²) in [7, 11) is 0. The SMILES string of the molecule is C[C@@]1(O)[C@@H](CO)OC(n2ccc3c(N)ncnc32)[C@@H]1O. The molecule has 1 aliphatic rings. The minimum atomic E-state index is -1.55. The Hall–Kier alpha value is -1.74. The number of aliphatic hydroxyl groups excluding tert-OH is 2. The van der Waals surface area contributed by atoms with Gasteiger partial charge in [-0.2, -0.15) is 0 Å². The molecule has 1 fully saturated rings. The van der Waals surface area contributed by atoms with Gasteiger partial charge < -0.3 is 30.4 Å². The largest absolute Gasteiger partial charge is 0.394 e. The predicted molar refractivity (Wildman–Crippen MR) is 69.6 cm³/mol. The number of nitrogens with two attached hydrogens (primary N) is 1. The van der Waals surface area contributed by atoms with Gasteiger partial charge >= 0.3 is 0 Å². The normalized spacial score (nSPS) is 33.9. The number of aromatic nitrogens is 3. The van der Waals surface area contributed by atoms with Crippen LogP contribution in [-0.4, -0.2) is 54.3 Å². The van der Waals surface area contributed by atoms with E-state index in [2.05, 4.69) is 9.97 Å². The monoisotopic (exact) mass is 280 g/mol. The van der Waals surface area contributed by atoms with E-state index in [0.29, 0.717) is 16.9 Å². The van der Waals surface area contributed by atoms with Crippen molar-refractivity contribution in [2.45, 2.75) is 31.0 Å². The minimum Gasteiger partial charge on any atom is -0.394 e. The maximum Gasteiger partial charge on any atom is 0.164 e. The Morgan fingerprint density at radius 2 is 2.25 bits per heavy atom. The van der Waals surface area contributed by atoms with Crippen LogP contribution in [0.2, 0.25) is 0 Å². The molecule has 1 unspecified atom stereocenters. The molecule has 5 N–H and O–H groups in total. The van der Waals surface area contributed by atoms with Crippen molar-refractivity contribution in [3.05, 3.63) is 18.6 Å². The van der Waals surface area contributed by atoms with E-state index in [-0.39, 0.29) is 0 Å². The number of ether oxygens (including phenoxy) is 1. The lowest BCUT2D eigenvalue weighted by Crippen LogP contribution is -2.46. The molecule has 8 nitrogen and oxygen atoms in total. The first-order chi connectivity index (χ1) is 9.46. The van der Waals surface area contributed by atoms with E-state index < -0.39 is 30.6 Å². The van der Waals surface area contributed by atoms with Crippen LogP contribution in [0.25, 0.3) is 11.0 Å². The van der Waals surface area contributed by atoms with Crippen molar-refractivity contribution in [2.75, 3.05) is 12.3 Å². The molecule has 0 saturated carbocycles. The van der Waals surface area contributed by atoms with Gasteiger partial charge in [0.1, 0.15) is 35.6 Å². The van der Waals surface area contributed by atoms with E-state index in [9.17, 15) is 15.3 Å². The van der Waals surface area contributed by atoms with Crippen LogP contribution in [-0.2, 0) is 4.74 Å². The molecule has 108 valence electrons. The molecule has 8 heteroatoms. The molecular weight excluding hydrogens is 264 g/mol. The van der Waals surface area contributed by atoms with Gasteiger partial charge in [0, 0.05) is 6.20 Å². The number of anilines is 1. The molecule has 20 heavy (non-hydrogen) atoms. The lowest BCUT2D eigenvalue weighted by molar-refractivity contribution is -0.0804. The van der Waals surface area contributed by atoms with Gasteiger partial charge in [0.2, 0.25) is 0 Å². The van der Waals surface area contributed by atoms with Crippen LogP contribution in [0.4, 0.5) is 5.82 Å². The van der Waals surface area contributed by atoms with Gasteiger partial charge in [0.15, 0.2) is 6.23 Å². The summed E-state index contributed by atoms with van der Waals surface area (Å²) in [4.78, 5) is 8.00. The highest BCUT2D eigenvalue weighted by molar-refractivity contribution is 5.86. The maximum absolute atomic E-state index is 10.2. The minimum absolute atomic E-state index is 0.326. The molecule has 2 aromatic heterocycles. The lowest BCUT2D eigenvalue weighted by Gasteiger charge is -2.25. The average Bonchev–Trinajstić information content (AvgIpc) is 2.92. The molecule has 1 saturated heterocycles. The van der Waals surface area contributed by atoms with Crippen LogP contribution >= 0.6 is 0 Å². The molecule has 3 rings (SSSR count). The molecule has 0 aliphatic carbocycles. The summed E-state index contributed by atoms with van der Waals surface area (Å²) in [5.41, 5.74) is 4.70. The number of hydrogen-bond donors (Lipinski definition) is 4. The third-order valence-corrected chi connectivity index (χ3v) is 3.80. The zero-order chi connectivity index (χ0) is 14.5. The number of nitrogen functional groups attached to an aromatic ring is 1. The molecule has 3 heterocycles. The van der Waals surface area contributed by atoms with Gasteiger partial charge in [-0.15, -0.1) is 0 Å². The first-order valence-corrected chi connectivity index (χ1v) is 6.20. The van der Waals surface area contributed by atoms with E-state index in [1.54, 1.807) is 16.8 Å². The van der Waals surface area contributed by atoms with Crippen molar-refractivity contribution < 1.29 is 20.1 Å². The van der Waals surface area contributed by atoms with E-state index >= 15 is 0 Å². The first kappa shape index (κ1) is 13.3. The summed E-state index contributed by atoms with van der Waals surface area (Å²) in [5, 5.41) is 30.3. The zero-order valence-electron chi connectivity index (χ0n) is 10.8. The van der Waals surface area contributed by atoms with E-state index in [4.69, 9.17) is 10.5 Å². The lowest BCUT2D eigenvalue weighted by atomic mass is 9.95. The Morgan fingerprint density at radius 3 is 2.90 bits per heavy atom. The quantitative estimate of drug-likeness (QED) is 0.556. The predicted octanol–water partition coefficient (Wildman–Crippen LogP) is -0.985. The second kappa shape index (κ2) is 4.38. The highest BCUT2D eigenvalue weighted by Gasteiger charge is 2.52. The van der Waals surface area contributed by atoms with Crippen molar-refractivity contribution in [1.29, 1.82) is 0 Å². The second-order valence-electron chi connectivity index (χ2n) is 5.09. The molecule has 0 aromatic carbocycles. The summed E-state index contributed by atoms with van der Waals surface area (Å²) in [6.07, 6.45) is 0.0378. The molecule has 2 aromatic rings. The summed E-state index contributed by atoms with van der Waals surface area (Å²) in [5.74, 6) is 0.326. The van der Waals surface area contributed by atoms with Gasteiger partial charge in [-0.1, -0.05) is 0 Å². The zero-order valence-corrected chi connectivity index (χ0v) is 10.8. The Balaban J connectivity index is 2.06. The second-order valence-corrected chi connectivity index (χ2v) is 5.09. The maximum atomic E-state index is 10.2. The van der Waals surface area contributed by atoms with Gasteiger partial charge in [0.25, 0.3) is 0 Å². The third-order valence-electron chi connectivity index (χ3n) is 3.80. The number of rotatable bonds is 2. The van der Waals surface area contributed by atoms with Gasteiger partial charge in [-0.25, -0.2) is 9.97 Å². The molecule has 0 amide bonds. The fourth-order valence-electron chi connectivity index (χ4n) is 2.50. The van der Waals surface area contributed by atoms with Crippen molar-refractivity contribution in [2.24, 2.45) is 0 Å². The van der Waals surface area contributed by atoms with Crippen LogP contribution in [0.1, 0.15) is 13.2 Å². The van der Waals surface area contributed by atoms with Gasteiger partial charge in [0.05, 0.1) is 12.0 Å². The van der Waals surface area contributed by atoms with Crippen molar-refractivity contribution in [1.82, 2.24) is 14.5 Å². The third kappa shape index (κ3) is 1.70. The van der Waals surface area contributed by atoms with Crippen LogP contribution < -0.4 is 5.73 Å². The molecule has 4 atom stereocenters. The Morgan fingerprint density at radius 1 is 1.50 bits per heavy atom. The van der Waals surface area contributed by atoms with Crippen LogP contribution in [0, 0.1) is 0 Å². The topological polar surface area (TPSA) is 127 Å². The van der Waals surface area contributed by atoms with Crippen LogP contribution in [0.5, 0.6) is 0 Å². The number of fused-ring (bicyclic) bond motifs is 1. The molecule has 0 spiro atoms. The van der Waals surface area contributed by atoms with Gasteiger partial charge in [-0.05, 0) is 13.0 Å². The number of aliphatic hydroxyl groups is 3. The standard InChI is InChI=1S/C12H16N4O4/c1-12(19)7(4-17)20-11(8(12)18)16-3-2-6-9(13)14-5-15-10(6)16/h2-3,5,7-8,11,17-19H,4H2,1H3,(H2,13,14,15)/t7-,8+,11?,12-/m1/s1. The van der Waals surface area contributed by atoms with E-state index in [1.807, 2.05) is 0 Å². The average molecular weight is 280 g/mol. The molecule has 0 radical (unpaired) electrons. The van der Waals surface area contributed by atoms with E-state index in [1.165, 1.54) is 13.3 Å². The summed E-state index contributed by atoms with van der Waals surface area (Å²) in [6, 6.07) is 1.71. The molecule has 1 aliphatic heterocycles. The van der Waals surface area contributed by atoms with E-state index in [0.717, 1.165) is 0 Å². The fraction of sp³-hybridized carbons (Fsp3) is 0.500. The summed E-state index contributed by atoms with van der Waals surface area (Å²) >= 11 is 0. The van der Waals surface area contributed by atoms with Crippen molar-refractivity contribution in [3.8, 4) is 0 Å². The van der Waals surface area contributed by atoms with Crippen LogP contribution in [0.3, 0.4) is 0 Å². The first-order valence-electron chi connectivity index (χ1n) is 6.20. The van der Waals surface area contributed by atoms with Crippen molar-refractivity contribution >= 4 is 16.9 Å². The summed E-state index contributed by atoms with van der Waals surface area (Å²) < 4.78 is 7.11.